The molecule has 3 rings (SSSR count). The van der Waals surface area contributed by atoms with Crippen LogP contribution in [-0.4, -0.2) is 28.4 Å². The Labute approximate surface area is 170 Å². The fraction of sp³-hybridized carbons (Fsp3) is 0.348. The quantitative estimate of drug-likeness (QED) is 0.640. The van der Waals surface area contributed by atoms with Crippen molar-refractivity contribution in [2.24, 2.45) is 0 Å². The van der Waals surface area contributed by atoms with E-state index in [4.69, 9.17) is 5.11 Å². The van der Waals surface area contributed by atoms with E-state index >= 15 is 0 Å². The summed E-state index contributed by atoms with van der Waals surface area (Å²) in [4.78, 5) is 36.6. The van der Waals surface area contributed by atoms with Crippen LogP contribution in [0.4, 0.5) is 0 Å². The highest BCUT2D eigenvalue weighted by atomic mass is 16.4. The third-order valence-corrected chi connectivity index (χ3v) is 5.42. The molecule has 1 unspecified atom stereocenters. The van der Waals surface area contributed by atoms with E-state index in [2.05, 4.69) is 10.6 Å². The lowest BCUT2D eigenvalue weighted by atomic mass is 9.74. The number of carbonyl (C=O) groups is 3. The van der Waals surface area contributed by atoms with Gasteiger partial charge in [-0.15, -0.1) is 0 Å². The number of aryl methyl sites for hydroxylation is 1. The highest BCUT2D eigenvalue weighted by Gasteiger charge is 2.40. The summed E-state index contributed by atoms with van der Waals surface area (Å²) in [6, 6.07) is 16.0. The van der Waals surface area contributed by atoms with E-state index in [1.807, 2.05) is 49.4 Å². The standard InChI is InChI=1S/C23H26N2O4/c1-16-8-10-18(11-9-16)22(29)24-19(17-6-3-2-4-7-17)14-20(26)25-23(12-5-13-23)15-21(27)28/h2-4,6-11,19H,5,12-15H2,1H3,(H,24,29)(H,25,26)(H,27,28). The predicted octanol–water partition coefficient (Wildman–Crippen LogP) is 3.37. The van der Waals surface area contributed by atoms with Crippen LogP contribution in [0.1, 0.15) is 59.6 Å². The van der Waals surface area contributed by atoms with Crippen molar-refractivity contribution in [3.8, 4) is 0 Å². The monoisotopic (exact) mass is 394 g/mol. The number of nitrogens with one attached hydrogen (secondary N) is 2. The number of carbonyl (C=O) groups excluding carboxylic acids is 2. The Kier molecular flexibility index (Phi) is 6.32. The van der Waals surface area contributed by atoms with Crippen LogP contribution in [0.3, 0.4) is 0 Å². The molecule has 0 spiro atoms. The molecule has 0 radical (unpaired) electrons. The van der Waals surface area contributed by atoms with E-state index in [1.165, 1.54) is 0 Å². The van der Waals surface area contributed by atoms with Gasteiger partial charge in [-0.25, -0.2) is 0 Å². The number of carboxylic acids is 1. The molecule has 2 aromatic rings. The summed E-state index contributed by atoms with van der Waals surface area (Å²) in [5.41, 5.74) is 1.75. The second kappa shape index (κ2) is 8.90. The van der Waals surface area contributed by atoms with Gasteiger partial charge in [0.25, 0.3) is 5.91 Å². The molecule has 2 amide bonds. The van der Waals surface area contributed by atoms with Gasteiger partial charge in [-0.3, -0.25) is 14.4 Å². The molecule has 0 aromatic heterocycles. The highest BCUT2D eigenvalue weighted by molar-refractivity contribution is 5.94. The molecule has 29 heavy (non-hydrogen) atoms. The van der Waals surface area contributed by atoms with Crippen LogP contribution >= 0.6 is 0 Å². The normalized spacial score (nSPS) is 15.6. The molecule has 6 nitrogen and oxygen atoms in total. The SMILES string of the molecule is Cc1ccc(C(=O)NC(CC(=O)NC2(CC(=O)O)CCC2)c2ccccc2)cc1. The lowest BCUT2D eigenvalue weighted by Gasteiger charge is -2.41. The first-order valence-electron chi connectivity index (χ1n) is 9.82. The molecule has 0 heterocycles. The van der Waals surface area contributed by atoms with Crippen LogP contribution in [0.5, 0.6) is 0 Å². The first kappa shape index (κ1) is 20.6. The molecule has 1 atom stereocenters. The van der Waals surface area contributed by atoms with E-state index in [0.717, 1.165) is 17.5 Å². The lowest BCUT2D eigenvalue weighted by molar-refractivity contribution is -0.140. The Hall–Kier alpha value is -3.15. The predicted molar refractivity (Wildman–Crippen MR) is 109 cm³/mol. The van der Waals surface area contributed by atoms with Crippen LogP contribution in [0.25, 0.3) is 0 Å². The summed E-state index contributed by atoms with van der Waals surface area (Å²) in [6.45, 7) is 1.95. The molecule has 0 bridgehead atoms. The molecule has 6 heteroatoms. The molecule has 1 saturated carbocycles. The second-order valence-electron chi connectivity index (χ2n) is 7.76. The molecular weight excluding hydrogens is 368 g/mol. The number of rotatable bonds is 8. The minimum atomic E-state index is -0.919. The summed E-state index contributed by atoms with van der Waals surface area (Å²) < 4.78 is 0. The average molecular weight is 394 g/mol. The molecule has 2 aromatic carbocycles. The van der Waals surface area contributed by atoms with Crippen LogP contribution in [0.2, 0.25) is 0 Å². The van der Waals surface area contributed by atoms with Gasteiger partial charge >= 0.3 is 5.97 Å². The van der Waals surface area contributed by atoms with Crippen molar-refractivity contribution < 1.29 is 19.5 Å². The maximum atomic E-state index is 12.7. The molecule has 1 aliphatic rings. The van der Waals surface area contributed by atoms with Crippen molar-refractivity contribution in [1.82, 2.24) is 10.6 Å². The highest BCUT2D eigenvalue weighted by Crippen LogP contribution is 2.35. The van der Waals surface area contributed by atoms with E-state index in [-0.39, 0.29) is 24.7 Å². The largest absolute Gasteiger partial charge is 0.481 e. The Bertz CT molecular complexity index is 874. The fourth-order valence-corrected chi connectivity index (χ4v) is 3.66. The molecule has 152 valence electrons. The Morgan fingerprint density at radius 3 is 2.24 bits per heavy atom. The molecule has 0 aliphatic heterocycles. The summed E-state index contributed by atoms with van der Waals surface area (Å²) >= 11 is 0. The van der Waals surface area contributed by atoms with Gasteiger partial charge in [0, 0.05) is 5.56 Å². The third-order valence-electron chi connectivity index (χ3n) is 5.42. The zero-order valence-electron chi connectivity index (χ0n) is 16.5. The molecule has 1 aliphatic carbocycles. The number of aliphatic carboxylic acids is 1. The lowest BCUT2D eigenvalue weighted by Crippen LogP contribution is -2.55. The van der Waals surface area contributed by atoms with Crippen LogP contribution < -0.4 is 10.6 Å². The van der Waals surface area contributed by atoms with Gasteiger partial charge in [-0.1, -0.05) is 48.0 Å². The summed E-state index contributed by atoms with van der Waals surface area (Å²) in [6.07, 6.45) is 2.20. The molecule has 3 N–H and O–H groups in total. The van der Waals surface area contributed by atoms with Crippen molar-refractivity contribution in [3.63, 3.8) is 0 Å². The fourth-order valence-electron chi connectivity index (χ4n) is 3.66. The van der Waals surface area contributed by atoms with Crippen molar-refractivity contribution in [3.05, 3.63) is 71.3 Å². The van der Waals surface area contributed by atoms with E-state index < -0.39 is 17.6 Å². The van der Waals surface area contributed by atoms with Gasteiger partial charge in [0.2, 0.25) is 5.91 Å². The Morgan fingerprint density at radius 1 is 1.03 bits per heavy atom. The summed E-state index contributed by atoms with van der Waals surface area (Å²) in [7, 11) is 0. The van der Waals surface area contributed by atoms with Gasteiger partial charge in [-0.2, -0.15) is 0 Å². The number of carboxylic acid groups (broad SMARTS) is 1. The molecule has 0 saturated heterocycles. The first-order chi connectivity index (χ1) is 13.9. The number of amides is 2. The van der Waals surface area contributed by atoms with Crippen LogP contribution in [0.15, 0.2) is 54.6 Å². The van der Waals surface area contributed by atoms with E-state index in [0.29, 0.717) is 18.4 Å². The number of benzene rings is 2. The average Bonchev–Trinajstić information content (AvgIpc) is 2.66. The van der Waals surface area contributed by atoms with Crippen molar-refractivity contribution in [2.45, 2.75) is 50.6 Å². The van der Waals surface area contributed by atoms with Gasteiger partial charge in [0.05, 0.1) is 24.4 Å². The van der Waals surface area contributed by atoms with Gasteiger partial charge in [0.1, 0.15) is 0 Å². The van der Waals surface area contributed by atoms with Crippen molar-refractivity contribution in [1.29, 1.82) is 0 Å². The van der Waals surface area contributed by atoms with Crippen molar-refractivity contribution in [2.75, 3.05) is 0 Å². The van der Waals surface area contributed by atoms with E-state index in [9.17, 15) is 14.4 Å². The van der Waals surface area contributed by atoms with Crippen molar-refractivity contribution >= 4 is 17.8 Å². The smallest absolute Gasteiger partial charge is 0.305 e. The maximum absolute atomic E-state index is 12.7. The Morgan fingerprint density at radius 2 is 1.69 bits per heavy atom. The van der Waals surface area contributed by atoms with E-state index in [1.54, 1.807) is 12.1 Å². The Balaban J connectivity index is 1.72. The number of hydrogen-bond acceptors (Lipinski definition) is 3. The summed E-state index contributed by atoms with van der Waals surface area (Å²) in [5.74, 6) is -1.43. The van der Waals surface area contributed by atoms with Gasteiger partial charge in [-0.05, 0) is 43.9 Å². The van der Waals surface area contributed by atoms with Gasteiger partial charge < -0.3 is 15.7 Å². The minimum Gasteiger partial charge on any atom is -0.481 e. The maximum Gasteiger partial charge on any atom is 0.305 e. The zero-order valence-corrected chi connectivity index (χ0v) is 16.5. The zero-order chi connectivity index (χ0) is 20.9. The first-order valence-corrected chi connectivity index (χ1v) is 9.82. The molecular formula is C23H26N2O4. The van der Waals surface area contributed by atoms with Gasteiger partial charge in [0.15, 0.2) is 0 Å². The van der Waals surface area contributed by atoms with Crippen LogP contribution in [-0.2, 0) is 9.59 Å². The molecule has 1 fully saturated rings. The third kappa shape index (κ3) is 5.44. The van der Waals surface area contributed by atoms with Crippen LogP contribution in [0, 0.1) is 6.92 Å². The number of hydrogen-bond donors (Lipinski definition) is 3. The topological polar surface area (TPSA) is 95.5 Å². The summed E-state index contributed by atoms with van der Waals surface area (Å²) in [5, 5.41) is 15.0. The minimum absolute atomic E-state index is 0.0446. The second-order valence-corrected chi connectivity index (χ2v) is 7.76.